The van der Waals surface area contributed by atoms with E-state index in [4.69, 9.17) is 9.97 Å². The number of hydrogen-bond acceptors (Lipinski definition) is 4. The topological polar surface area (TPSA) is 37.2 Å². The predicted molar refractivity (Wildman–Crippen MR) is 134 cm³/mol. The van der Waals surface area contributed by atoms with Crippen LogP contribution in [0.15, 0.2) is 73.1 Å². The summed E-state index contributed by atoms with van der Waals surface area (Å²) >= 11 is 0. The minimum absolute atomic E-state index is 0.292. The van der Waals surface area contributed by atoms with Gasteiger partial charge in [-0.2, -0.15) is 0 Å². The second kappa shape index (κ2) is 9.23. The van der Waals surface area contributed by atoms with E-state index < -0.39 is 0 Å². The maximum atomic E-state index is 13.6. The van der Waals surface area contributed by atoms with Crippen LogP contribution in [-0.4, -0.2) is 52.2 Å². The van der Waals surface area contributed by atoms with Gasteiger partial charge < -0.3 is 4.90 Å². The van der Waals surface area contributed by atoms with Gasteiger partial charge in [0.25, 0.3) is 0 Å². The van der Waals surface area contributed by atoms with Crippen molar-refractivity contribution in [2.75, 3.05) is 37.6 Å². The van der Waals surface area contributed by atoms with Gasteiger partial charge in [0.1, 0.15) is 23.3 Å². The van der Waals surface area contributed by atoms with Crippen molar-refractivity contribution in [1.29, 1.82) is 0 Å². The van der Waals surface area contributed by atoms with Gasteiger partial charge in [-0.15, -0.1) is 0 Å². The van der Waals surface area contributed by atoms with Gasteiger partial charge in [-0.3, -0.25) is 9.47 Å². The Bertz CT molecular complexity index is 1290. The van der Waals surface area contributed by atoms with Gasteiger partial charge in [0, 0.05) is 61.9 Å². The highest BCUT2D eigenvalue weighted by atomic mass is 19.1. The molecular weight excluding hydrogens is 444 g/mol. The molecule has 0 spiro atoms. The standard InChI is InChI=1S/C28H27F2N5/c29-23-6-3-21(4-7-23)26-19-35(25-10-8-24(30)9-11-25)28(32-26)22-5-12-27(31-17-22)34-15-13-33(14-16-34)18-20-1-2-20/h3-12,17,19-20H,1-2,13-16,18H2. The molecule has 1 aliphatic carbocycles. The summed E-state index contributed by atoms with van der Waals surface area (Å²) in [5, 5.41) is 0. The fourth-order valence-electron chi connectivity index (χ4n) is 4.67. The number of benzene rings is 2. The number of nitrogens with zero attached hydrogens (tertiary/aromatic N) is 5. The van der Waals surface area contributed by atoms with Crippen molar-refractivity contribution in [3.05, 3.63) is 84.7 Å². The quantitative estimate of drug-likeness (QED) is 0.377. The fourth-order valence-corrected chi connectivity index (χ4v) is 4.67. The number of halogens is 2. The van der Waals surface area contributed by atoms with E-state index in [0.717, 1.165) is 54.7 Å². The van der Waals surface area contributed by atoms with Crippen LogP contribution in [0, 0.1) is 17.6 Å². The van der Waals surface area contributed by atoms with Crippen LogP contribution in [0.25, 0.3) is 28.3 Å². The molecule has 7 heteroatoms. The van der Waals surface area contributed by atoms with Crippen LogP contribution in [0.1, 0.15) is 12.8 Å². The SMILES string of the molecule is Fc1ccc(-c2cn(-c3ccc(F)cc3)c(-c3ccc(N4CCN(CC5CC5)CC4)nc3)n2)cc1. The minimum Gasteiger partial charge on any atom is -0.354 e. The number of pyridine rings is 1. The van der Waals surface area contributed by atoms with Gasteiger partial charge in [-0.05, 0) is 79.4 Å². The molecule has 0 atom stereocenters. The number of imidazole rings is 1. The molecule has 6 rings (SSSR count). The Morgan fingerprint density at radius 2 is 1.43 bits per heavy atom. The summed E-state index contributed by atoms with van der Waals surface area (Å²) in [5.41, 5.74) is 3.17. The van der Waals surface area contributed by atoms with Crippen LogP contribution in [0.3, 0.4) is 0 Å². The van der Waals surface area contributed by atoms with Gasteiger partial charge in [0.2, 0.25) is 0 Å². The smallest absolute Gasteiger partial charge is 0.146 e. The first-order valence-electron chi connectivity index (χ1n) is 12.2. The highest BCUT2D eigenvalue weighted by Gasteiger charge is 2.26. The van der Waals surface area contributed by atoms with E-state index in [1.54, 1.807) is 24.3 Å². The molecule has 3 heterocycles. The molecule has 35 heavy (non-hydrogen) atoms. The fraction of sp³-hybridized carbons (Fsp3) is 0.286. The Kier molecular flexibility index (Phi) is 5.78. The molecule has 0 unspecified atom stereocenters. The summed E-state index contributed by atoms with van der Waals surface area (Å²) in [5.74, 6) is 2.00. The summed E-state index contributed by atoms with van der Waals surface area (Å²) in [6.45, 7) is 5.37. The molecule has 2 aromatic heterocycles. The van der Waals surface area contributed by atoms with Crippen LogP contribution < -0.4 is 4.90 Å². The summed E-state index contributed by atoms with van der Waals surface area (Å²) in [4.78, 5) is 14.5. The molecule has 1 aliphatic heterocycles. The Morgan fingerprint density at radius 1 is 0.771 bits per heavy atom. The third kappa shape index (κ3) is 4.82. The van der Waals surface area contributed by atoms with Crippen LogP contribution in [0.2, 0.25) is 0 Å². The molecule has 2 fully saturated rings. The number of aromatic nitrogens is 3. The van der Waals surface area contributed by atoms with Crippen LogP contribution in [-0.2, 0) is 0 Å². The molecule has 0 N–H and O–H groups in total. The van der Waals surface area contributed by atoms with E-state index in [2.05, 4.69) is 9.80 Å². The summed E-state index contributed by atoms with van der Waals surface area (Å²) < 4.78 is 28.9. The molecule has 4 aromatic rings. The first kappa shape index (κ1) is 21.9. The largest absolute Gasteiger partial charge is 0.354 e. The molecular formula is C28H27F2N5. The molecule has 0 bridgehead atoms. The lowest BCUT2D eigenvalue weighted by Gasteiger charge is -2.35. The van der Waals surface area contributed by atoms with E-state index in [0.29, 0.717) is 11.5 Å². The van der Waals surface area contributed by atoms with Crippen molar-refractivity contribution in [3.63, 3.8) is 0 Å². The average Bonchev–Trinajstić information content (AvgIpc) is 3.60. The maximum absolute atomic E-state index is 13.6. The van der Waals surface area contributed by atoms with Crippen LogP contribution in [0.4, 0.5) is 14.6 Å². The lowest BCUT2D eigenvalue weighted by Crippen LogP contribution is -2.47. The first-order chi connectivity index (χ1) is 17.1. The van der Waals surface area contributed by atoms with Gasteiger partial charge >= 0.3 is 0 Å². The zero-order chi connectivity index (χ0) is 23.8. The molecule has 5 nitrogen and oxygen atoms in total. The maximum Gasteiger partial charge on any atom is 0.146 e. The highest BCUT2D eigenvalue weighted by molar-refractivity contribution is 5.67. The summed E-state index contributed by atoms with van der Waals surface area (Å²) in [7, 11) is 0. The minimum atomic E-state index is -0.294. The van der Waals surface area contributed by atoms with Gasteiger partial charge in [-0.1, -0.05) is 0 Å². The second-order valence-electron chi connectivity index (χ2n) is 9.44. The number of piperazine rings is 1. The Balaban J connectivity index is 1.28. The van der Waals surface area contributed by atoms with Crippen molar-refractivity contribution < 1.29 is 8.78 Å². The average molecular weight is 472 g/mol. The highest BCUT2D eigenvalue weighted by Crippen LogP contribution is 2.31. The van der Waals surface area contributed by atoms with Crippen molar-refractivity contribution in [1.82, 2.24) is 19.4 Å². The second-order valence-corrected chi connectivity index (χ2v) is 9.44. The Hall–Kier alpha value is -3.58. The van der Waals surface area contributed by atoms with Gasteiger partial charge in [0.15, 0.2) is 0 Å². The lowest BCUT2D eigenvalue weighted by atomic mass is 10.2. The third-order valence-electron chi connectivity index (χ3n) is 6.87. The lowest BCUT2D eigenvalue weighted by molar-refractivity contribution is 0.247. The van der Waals surface area contributed by atoms with Gasteiger partial charge in [-0.25, -0.2) is 18.7 Å². The number of anilines is 1. The molecule has 178 valence electrons. The first-order valence-corrected chi connectivity index (χ1v) is 12.2. The van der Waals surface area contributed by atoms with E-state index in [1.165, 1.54) is 43.7 Å². The van der Waals surface area contributed by atoms with Crippen molar-refractivity contribution >= 4 is 5.82 Å². The molecule has 0 radical (unpaired) electrons. The van der Waals surface area contributed by atoms with E-state index in [9.17, 15) is 8.78 Å². The number of rotatable bonds is 6. The predicted octanol–water partition coefficient (Wildman–Crippen LogP) is 5.41. The summed E-state index contributed by atoms with van der Waals surface area (Å²) in [6.07, 6.45) is 6.52. The zero-order valence-corrected chi connectivity index (χ0v) is 19.4. The van der Waals surface area contributed by atoms with E-state index in [1.807, 2.05) is 29.1 Å². The summed E-state index contributed by atoms with van der Waals surface area (Å²) in [6, 6.07) is 16.7. The normalized spacial score (nSPS) is 16.6. The molecule has 0 amide bonds. The molecule has 1 saturated carbocycles. The molecule has 2 aromatic carbocycles. The molecule has 1 saturated heterocycles. The Labute approximate surface area is 203 Å². The monoisotopic (exact) mass is 471 g/mol. The Morgan fingerprint density at radius 3 is 2.06 bits per heavy atom. The van der Waals surface area contributed by atoms with Crippen molar-refractivity contribution in [2.24, 2.45) is 5.92 Å². The van der Waals surface area contributed by atoms with Crippen molar-refractivity contribution in [3.8, 4) is 28.3 Å². The van der Waals surface area contributed by atoms with Crippen LogP contribution in [0.5, 0.6) is 0 Å². The third-order valence-corrected chi connectivity index (χ3v) is 6.87. The number of hydrogen-bond donors (Lipinski definition) is 0. The van der Waals surface area contributed by atoms with Crippen molar-refractivity contribution in [2.45, 2.75) is 12.8 Å². The van der Waals surface area contributed by atoms with E-state index >= 15 is 0 Å². The molecule has 2 aliphatic rings. The van der Waals surface area contributed by atoms with Gasteiger partial charge in [0.05, 0.1) is 5.69 Å². The zero-order valence-electron chi connectivity index (χ0n) is 19.4. The van der Waals surface area contributed by atoms with E-state index in [-0.39, 0.29) is 11.6 Å². The van der Waals surface area contributed by atoms with Crippen LogP contribution >= 0.6 is 0 Å².